The number of halogens is 1. The van der Waals surface area contributed by atoms with E-state index in [0.29, 0.717) is 11.4 Å². The number of nitrogens with one attached hydrogen (secondary N) is 1. The fraction of sp³-hybridized carbons (Fsp3) is 0.188. The normalized spacial score (nSPS) is 11.9. The molecule has 0 aromatic heterocycles. The van der Waals surface area contributed by atoms with Gasteiger partial charge in [-0.3, -0.25) is 4.72 Å². The fourth-order valence-electron chi connectivity index (χ4n) is 2.05. The summed E-state index contributed by atoms with van der Waals surface area (Å²) in [7, 11) is -1.14. The number of nitrogens with two attached hydrogens (primary N) is 1. The maximum absolute atomic E-state index is 12.7. The summed E-state index contributed by atoms with van der Waals surface area (Å²) in [6.45, 7) is 0. The number of para-hydroxylation sites is 1. The van der Waals surface area contributed by atoms with Crippen LogP contribution in [0.4, 0.5) is 11.4 Å². The highest BCUT2D eigenvalue weighted by Crippen LogP contribution is 2.38. The van der Waals surface area contributed by atoms with E-state index in [4.69, 9.17) is 26.8 Å². The van der Waals surface area contributed by atoms with Crippen molar-refractivity contribution < 1.29 is 17.9 Å². The van der Waals surface area contributed by atoms with Gasteiger partial charge in [0, 0.05) is 17.8 Å². The van der Waals surface area contributed by atoms with Gasteiger partial charge in [-0.1, -0.05) is 18.2 Å². The first kappa shape index (κ1) is 18.9. The van der Waals surface area contributed by atoms with E-state index in [2.05, 4.69) is 9.71 Å². The summed E-state index contributed by atoms with van der Waals surface area (Å²) in [5.41, 5.74) is 6.38. The highest BCUT2D eigenvalue weighted by atomic mass is 35.5. The number of alkyl halides is 1. The highest BCUT2D eigenvalue weighted by molar-refractivity contribution is 7.92. The molecule has 0 atom stereocenters. The number of sulfonamides is 1. The van der Waals surface area contributed by atoms with E-state index >= 15 is 0 Å². The number of rotatable bonds is 7. The molecule has 0 saturated carbocycles. The van der Waals surface area contributed by atoms with Crippen molar-refractivity contribution in [3.8, 4) is 11.5 Å². The summed E-state index contributed by atoms with van der Waals surface area (Å²) in [5, 5.41) is 0. The van der Waals surface area contributed by atoms with Crippen LogP contribution in [-0.2, 0) is 10.0 Å². The molecule has 9 heteroatoms. The van der Waals surface area contributed by atoms with Crippen molar-refractivity contribution in [1.82, 2.24) is 0 Å². The molecule has 0 aliphatic carbocycles. The second-order valence-electron chi connectivity index (χ2n) is 4.88. The molecule has 0 radical (unpaired) electrons. The van der Waals surface area contributed by atoms with Gasteiger partial charge >= 0.3 is 0 Å². The number of anilines is 1. The van der Waals surface area contributed by atoms with Crippen LogP contribution in [0.5, 0.6) is 11.5 Å². The van der Waals surface area contributed by atoms with Crippen molar-refractivity contribution in [3.63, 3.8) is 0 Å². The number of ether oxygens (including phenoxy) is 2. The number of benzene rings is 2. The minimum atomic E-state index is -3.90. The smallest absolute Gasteiger partial charge is 0.265 e. The van der Waals surface area contributed by atoms with Gasteiger partial charge in [0.2, 0.25) is 0 Å². The van der Waals surface area contributed by atoms with Crippen LogP contribution in [0.15, 0.2) is 52.4 Å². The molecular formula is C16H18ClN3O4S. The third-order valence-electron chi connectivity index (χ3n) is 3.18. The van der Waals surface area contributed by atoms with E-state index in [0.717, 1.165) is 0 Å². The van der Waals surface area contributed by atoms with Gasteiger partial charge in [-0.2, -0.15) is 0 Å². The molecular weight excluding hydrogens is 366 g/mol. The molecule has 134 valence electrons. The zero-order valence-electron chi connectivity index (χ0n) is 13.7. The SMILES string of the molecule is COc1cc(S(=O)(=O)Nc2ccccc2)c(OC)cc1N=C(N)CCl. The van der Waals surface area contributed by atoms with E-state index in [9.17, 15) is 8.42 Å². The van der Waals surface area contributed by atoms with Crippen LogP contribution < -0.4 is 19.9 Å². The molecule has 0 fully saturated rings. The number of hydrogen-bond donors (Lipinski definition) is 2. The summed E-state index contributed by atoms with van der Waals surface area (Å²) in [6, 6.07) is 11.3. The quantitative estimate of drug-likeness (QED) is 0.434. The minimum Gasteiger partial charge on any atom is -0.495 e. The van der Waals surface area contributed by atoms with E-state index < -0.39 is 10.0 Å². The molecule has 0 saturated heterocycles. The van der Waals surface area contributed by atoms with Crippen LogP contribution in [0.2, 0.25) is 0 Å². The maximum Gasteiger partial charge on any atom is 0.265 e. The van der Waals surface area contributed by atoms with Gasteiger partial charge in [-0.15, -0.1) is 11.6 Å². The van der Waals surface area contributed by atoms with E-state index in [1.54, 1.807) is 30.3 Å². The van der Waals surface area contributed by atoms with Gasteiger partial charge in [0.25, 0.3) is 10.0 Å². The van der Waals surface area contributed by atoms with Crippen molar-refractivity contribution >= 4 is 38.8 Å². The Hall–Kier alpha value is -2.45. The topological polar surface area (TPSA) is 103 Å². The first-order valence-corrected chi connectivity index (χ1v) is 9.16. The lowest BCUT2D eigenvalue weighted by Crippen LogP contribution is -2.15. The van der Waals surface area contributed by atoms with E-state index in [1.165, 1.54) is 26.4 Å². The molecule has 0 heterocycles. The predicted octanol–water partition coefficient (Wildman–Crippen LogP) is 2.73. The standard InChI is InChI=1S/C16H18ClN3O4S/c1-23-13-9-15(14(24-2)8-12(13)19-16(18)10-17)25(21,22)20-11-6-4-3-5-7-11/h3-9,20H,10H2,1-2H3,(H2,18,19). The van der Waals surface area contributed by atoms with Gasteiger partial charge in [-0.25, -0.2) is 13.4 Å². The maximum atomic E-state index is 12.7. The number of aliphatic imine (C=N–C) groups is 1. The van der Waals surface area contributed by atoms with E-state index in [1.807, 2.05) is 0 Å². The molecule has 0 aliphatic rings. The average molecular weight is 384 g/mol. The average Bonchev–Trinajstić information content (AvgIpc) is 2.61. The molecule has 25 heavy (non-hydrogen) atoms. The molecule has 7 nitrogen and oxygen atoms in total. The third kappa shape index (κ3) is 4.55. The molecule has 2 aromatic rings. The second-order valence-corrected chi connectivity index (χ2v) is 6.80. The Kier molecular flexibility index (Phi) is 6.11. The zero-order chi connectivity index (χ0) is 18.4. The summed E-state index contributed by atoms with van der Waals surface area (Å²) in [6.07, 6.45) is 0. The zero-order valence-corrected chi connectivity index (χ0v) is 15.3. The Balaban J connectivity index is 2.53. The van der Waals surface area contributed by atoms with Crippen LogP contribution in [0.25, 0.3) is 0 Å². The largest absolute Gasteiger partial charge is 0.495 e. The molecule has 2 rings (SSSR count). The number of methoxy groups -OCH3 is 2. The Morgan fingerprint density at radius 2 is 1.80 bits per heavy atom. The van der Waals surface area contributed by atoms with Crippen LogP contribution >= 0.6 is 11.6 Å². The Bertz CT molecular complexity index is 870. The second kappa shape index (κ2) is 8.09. The lowest BCUT2D eigenvalue weighted by atomic mass is 10.2. The van der Waals surface area contributed by atoms with Crippen molar-refractivity contribution in [2.45, 2.75) is 4.90 Å². The molecule has 0 spiro atoms. The number of hydrogen-bond acceptors (Lipinski definition) is 5. The van der Waals surface area contributed by atoms with Crippen molar-refractivity contribution in [2.75, 3.05) is 24.8 Å². The molecule has 3 N–H and O–H groups in total. The lowest BCUT2D eigenvalue weighted by Gasteiger charge is -2.14. The molecule has 0 aliphatic heterocycles. The summed E-state index contributed by atoms with van der Waals surface area (Å²) >= 11 is 5.63. The van der Waals surface area contributed by atoms with Gasteiger partial charge in [0.05, 0.1) is 20.1 Å². The van der Waals surface area contributed by atoms with E-state index in [-0.39, 0.29) is 28.1 Å². The van der Waals surface area contributed by atoms with Gasteiger partial charge < -0.3 is 15.2 Å². The van der Waals surface area contributed by atoms with Gasteiger partial charge in [-0.05, 0) is 12.1 Å². The van der Waals surface area contributed by atoms with Crippen LogP contribution in [0.3, 0.4) is 0 Å². The van der Waals surface area contributed by atoms with Gasteiger partial charge in [0.15, 0.2) is 0 Å². The highest BCUT2D eigenvalue weighted by Gasteiger charge is 2.23. The summed E-state index contributed by atoms with van der Waals surface area (Å²) in [5.74, 6) is 0.522. The first-order chi connectivity index (χ1) is 11.9. The van der Waals surface area contributed by atoms with Crippen LogP contribution in [0.1, 0.15) is 0 Å². The van der Waals surface area contributed by atoms with Crippen LogP contribution in [-0.4, -0.2) is 34.4 Å². The Morgan fingerprint density at radius 1 is 1.16 bits per heavy atom. The van der Waals surface area contributed by atoms with Crippen LogP contribution in [0, 0.1) is 0 Å². The van der Waals surface area contributed by atoms with Gasteiger partial charge in [0.1, 0.15) is 27.9 Å². The molecule has 0 unspecified atom stereocenters. The minimum absolute atomic E-state index is 0.0289. The molecule has 2 aromatic carbocycles. The van der Waals surface area contributed by atoms with Crippen molar-refractivity contribution in [2.24, 2.45) is 10.7 Å². The molecule has 0 bridgehead atoms. The Labute approximate surface area is 151 Å². The third-order valence-corrected chi connectivity index (χ3v) is 4.86. The van der Waals surface area contributed by atoms with Crippen molar-refractivity contribution in [3.05, 3.63) is 42.5 Å². The van der Waals surface area contributed by atoms with Crippen molar-refractivity contribution in [1.29, 1.82) is 0 Å². The Morgan fingerprint density at radius 3 is 2.36 bits per heavy atom. The summed E-state index contributed by atoms with van der Waals surface area (Å²) in [4.78, 5) is 4.02. The number of nitrogens with zero attached hydrogens (tertiary/aromatic N) is 1. The number of amidine groups is 1. The lowest BCUT2D eigenvalue weighted by molar-refractivity contribution is 0.393. The first-order valence-electron chi connectivity index (χ1n) is 7.14. The molecule has 0 amide bonds. The fourth-order valence-corrected chi connectivity index (χ4v) is 3.34. The summed E-state index contributed by atoms with van der Waals surface area (Å²) < 4.78 is 38.3. The predicted molar refractivity (Wildman–Crippen MR) is 98.8 cm³/mol. The monoisotopic (exact) mass is 383 g/mol.